The summed E-state index contributed by atoms with van der Waals surface area (Å²) in [6.07, 6.45) is 6.54. The van der Waals surface area contributed by atoms with E-state index in [0.29, 0.717) is 20.9 Å². The number of nitrogens with two attached hydrogens (primary N) is 1. The minimum atomic E-state index is -4.68. The molecule has 5 rings (SSSR count). The molecule has 4 nitrogen and oxygen atoms in total. The average Bonchev–Trinajstić information content (AvgIpc) is 3.19. The summed E-state index contributed by atoms with van der Waals surface area (Å²) in [5.74, 6) is -0.265. The third-order valence-electron chi connectivity index (χ3n) is 6.56. The fraction of sp³-hybridized carbons (Fsp3) is 0.480. The number of anilines is 1. The Morgan fingerprint density at radius 3 is 2.24 bits per heavy atom. The molecule has 0 atom stereocenters. The Kier molecular flexibility index (Phi) is 7.44. The van der Waals surface area contributed by atoms with E-state index in [1.807, 2.05) is 0 Å². The van der Waals surface area contributed by atoms with Crippen LogP contribution in [-0.4, -0.2) is 29.3 Å². The van der Waals surface area contributed by atoms with Crippen LogP contribution in [0.5, 0.6) is 5.75 Å². The lowest BCUT2D eigenvalue weighted by molar-refractivity contribution is -0.274. The highest BCUT2D eigenvalue weighted by atomic mass is 32.1. The number of piperidine rings is 1. The molecule has 1 saturated carbocycles. The summed E-state index contributed by atoms with van der Waals surface area (Å²) in [6.45, 7) is 2.63. The summed E-state index contributed by atoms with van der Waals surface area (Å²) in [6, 6.07) is 15.2. The van der Waals surface area contributed by atoms with Crippen LogP contribution in [0.1, 0.15) is 56.9 Å². The number of fused-ring (bicyclic) bond motifs is 1. The molecule has 0 spiro atoms. The van der Waals surface area contributed by atoms with Crippen molar-refractivity contribution in [3.8, 4) is 5.75 Å². The molecule has 1 aliphatic heterocycles. The Hall–Kier alpha value is -2.32. The van der Waals surface area contributed by atoms with E-state index in [4.69, 9.17) is 5.73 Å². The molecule has 178 valence electrons. The van der Waals surface area contributed by atoms with Gasteiger partial charge in [-0.25, -0.2) is 4.98 Å². The first kappa shape index (κ1) is 23.8. The number of benzene rings is 2. The van der Waals surface area contributed by atoms with Gasteiger partial charge in [0.25, 0.3) is 0 Å². The van der Waals surface area contributed by atoms with Gasteiger partial charge in [-0.05, 0) is 56.5 Å². The summed E-state index contributed by atoms with van der Waals surface area (Å²) >= 11 is 1.11. The van der Waals surface area contributed by atoms with Gasteiger partial charge in [-0.1, -0.05) is 67.4 Å². The predicted octanol–water partition coefficient (Wildman–Crippen LogP) is 7.11. The Morgan fingerprint density at radius 2 is 1.58 bits per heavy atom. The van der Waals surface area contributed by atoms with Crippen molar-refractivity contribution in [2.75, 3.05) is 18.8 Å². The van der Waals surface area contributed by atoms with Crippen LogP contribution in [0.4, 0.5) is 18.3 Å². The third-order valence-corrected chi connectivity index (χ3v) is 7.41. The summed E-state index contributed by atoms with van der Waals surface area (Å²) in [7, 11) is 0. The van der Waals surface area contributed by atoms with Crippen molar-refractivity contribution in [3.05, 3.63) is 54.1 Å². The second kappa shape index (κ2) is 10.3. The second-order valence-corrected chi connectivity index (χ2v) is 9.80. The average molecular weight is 478 g/mol. The Morgan fingerprint density at radius 1 is 0.909 bits per heavy atom. The van der Waals surface area contributed by atoms with Gasteiger partial charge in [-0.15, -0.1) is 13.2 Å². The molecule has 0 unspecified atom stereocenters. The van der Waals surface area contributed by atoms with E-state index >= 15 is 0 Å². The summed E-state index contributed by atoms with van der Waals surface area (Å²) in [5, 5.41) is 0.314. The zero-order chi connectivity index (χ0) is 23.3. The number of aromatic nitrogens is 1. The molecule has 2 aromatic carbocycles. The number of ether oxygens (including phenoxy) is 1. The molecule has 1 saturated heterocycles. The quantitative estimate of drug-likeness (QED) is 0.437. The Balaban J connectivity index is 0.000000160. The maximum absolute atomic E-state index is 11.9. The van der Waals surface area contributed by atoms with Crippen molar-refractivity contribution in [3.63, 3.8) is 0 Å². The summed E-state index contributed by atoms with van der Waals surface area (Å²) in [5.41, 5.74) is 7.92. The van der Waals surface area contributed by atoms with Crippen molar-refractivity contribution in [1.29, 1.82) is 0 Å². The fourth-order valence-corrected chi connectivity index (χ4v) is 5.88. The molecule has 2 fully saturated rings. The van der Waals surface area contributed by atoms with Crippen molar-refractivity contribution in [2.24, 2.45) is 0 Å². The number of thiazole rings is 1. The van der Waals surface area contributed by atoms with Gasteiger partial charge >= 0.3 is 6.36 Å². The van der Waals surface area contributed by atoms with Crippen LogP contribution in [0.3, 0.4) is 0 Å². The smallest absolute Gasteiger partial charge is 0.406 e. The van der Waals surface area contributed by atoms with Crippen LogP contribution in [0, 0.1) is 0 Å². The number of alkyl halides is 3. The largest absolute Gasteiger partial charge is 0.573 e. The van der Waals surface area contributed by atoms with Crippen LogP contribution < -0.4 is 10.5 Å². The number of likely N-dealkylation sites (tertiary alicyclic amines) is 1. The van der Waals surface area contributed by atoms with Crippen molar-refractivity contribution >= 4 is 26.7 Å². The van der Waals surface area contributed by atoms with Gasteiger partial charge in [-0.3, -0.25) is 4.90 Å². The summed E-state index contributed by atoms with van der Waals surface area (Å²) in [4.78, 5) is 6.72. The third kappa shape index (κ3) is 5.98. The van der Waals surface area contributed by atoms with Crippen LogP contribution in [0.2, 0.25) is 0 Å². The lowest BCUT2D eigenvalue weighted by Gasteiger charge is -2.48. The Labute approximate surface area is 196 Å². The molecule has 2 heterocycles. The lowest BCUT2D eigenvalue weighted by atomic mass is 9.74. The first-order valence-corrected chi connectivity index (χ1v) is 12.4. The predicted molar refractivity (Wildman–Crippen MR) is 127 cm³/mol. The number of halogens is 3. The minimum absolute atomic E-state index is 0.265. The first-order valence-electron chi connectivity index (χ1n) is 11.6. The van der Waals surface area contributed by atoms with Crippen LogP contribution in [-0.2, 0) is 5.54 Å². The highest BCUT2D eigenvalue weighted by Crippen LogP contribution is 2.43. The highest BCUT2D eigenvalue weighted by Gasteiger charge is 2.39. The first-order chi connectivity index (χ1) is 15.9. The van der Waals surface area contributed by atoms with Crippen molar-refractivity contribution in [2.45, 2.75) is 63.3 Å². The molecule has 1 aliphatic carbocycles. The molecular weight excluding hydrogens is 447 g/mol. The lowest BCUT2D eigenvalue weighted by Crippen LogP contribution is -2.49. The fourth-order valence-electron chi connectivity index (χ4n) is 5.11. The molecule has 8 heteroatoms. The number of hydrogen-bond donors (Lipinski definition) is 1. The topological polar surface area (TPSA) is 51.4 Å². The minimum Gasteiger partial charge on any atom is -0.406 e. The number of rotatable bonds is 3. The van der Waals surface area contributed by atoms with Gasteiger partial charge in [-0.2, -0.15) is 0 Å². The van der Waals surface area contributed by atoms with E-state index in [1.54, 1.807) is 5.56 Å². The zero-order valence-corrected chi connectivity index (χ0v) is 19.4. The van der Waals surface area contributed by atoms with Crippen LogP contribution in [0.15, 0.2) is 48.5 Å². The van der Waals surface area contributed by atoms with E-state index in [2.05, 4.69) is 45.0 Å². The van der Waals surface area contributed by atoms with Crippen molar-refractivity contribution in [1.82, 2.24) is 9.88 Å². The molecule has 2 aliphatic rings. The number of hydrogen-bond acceptors (Lipinski definition) is 5. The van der Waals surface area contributed by atoms with Gasteiger partial charge < -0.3 is 10.5 Å². The van der Waals surface area contributed by atoms with Gasteiger partial charge in [0.2, 0.25) is 0 Å². The van der Waals surface area contributed by atoms with Gasteiger partial charge in [0.05, 0.1) is 10.2 Å². The molecular formula is C25H30F3N3OS. The molecule has 0 bridgehead atoms. The maximum Gasteiger partial charge on any atom is 0.573 e. The summed E-state index contributed by atoms with van der Waals surface area (Å²) < 4.78 is 40.0. The van der Waals surface area contributed by atoms with Gasteiger partial charge in [0.1, 0.15) is 5.75 Å². The molecule has 0 amide bonds. The highest BCUT2D eigenvalue weighted by molar-refractivity contribution is 7.22. The normalized spacial score (nSPS) is 19.0. The van der Waals surface area contributed by atoms with Crippen molar-refractivity contribution < 1.29 is 17.9 Å². The van der Waals surface area contributed by atoms with E-state index in [1.165, 1.54) is 82.7 Å². The number of nitrogens with zero attached hydrogens (tertiary/aromatic N) is 2. The zero-order valence-electron chi connectivity index (χ0n) is 18.6. The molecule has 3 aromatic rings. The second-order valence-electron chi connectivity index (χ2n) is 8.74. The molecule has 2 N–H and O–H groups in total. The molecule has 1 aromatic heterocycles. The molecule has 33 heavy (non-hydrogen) atoms. The maximum atomic E-state index is 11.9. The van der Waals surface area contributed by atoms with Crippen LogP contribution >= 0.6 is 11.3 Å². The van der Waals surface area contributed by atoms with E-state index in [-0.39, 0.29) is 5.75 Å². The van der Waals surface area contributed by atoms with E-state index in [9.17, 15) is 13.2 Å². The number of nitrogen functional groups attached to an aromatic ring is 1. The molecule has 0 radical (unpaired) electrons. The van der Waals surface area contributed by atoms with E-state index < -0.39 is 6.36 Å². The SMILES string of the molecule is Nc1nc2ccc(OC(F)(F)F)cc2s1.c1ccc(C2(N3CCCCC3)CCCCC2)cc1. The van der Waals surface area contributed by atoms with Gasteiger partial charge in [0, 0.05) is 11.6 Å². The van der Waals surface area contributed by atoms with E-state index in [0.717, 1.165) is 11.3 Å². The Bertz CT molecular complexity index is 1030. The van der Waals surface area contributed by atoms with Gasteiger partial charge in [0.15, 0.2) is 5.13 Å². The van der Waals surface area contributed by atoms with Crippen LogP contribution in [0.25, 0.3) is 10.2 Å². The standard InChI is InChI=1S/C17H25N.C8H5F3N2OS/c1-4-10-16(11-5-1)17(12-6-2-7-13-17)18-14-8-3-9-15-18;9-8(10,11)14-4-1-2-5-6(3-4)15-7(12)13-5/h1,4-5,10-11H,2-3,6-9,12-15H2;1-3H,(H2,12,13). The monoisotopic (exact) mass is 477 g/mol.